The maximum Gasteiger partial charge on any atom is 0.0448 e. The van der Waals surface area contributed by atoms with Crippen LogP contribution in [0.5, 0.6) is 0 Å². The summed E-state index contributed by atoms with van der Waals surface area (Å²) >= 11 is 0. The van der Waals surface area contributed by atoms with E-state index in [1.807, 2.05) is 0 Å². The van der Waals surface area contributed by atoms with Crippen LogP contribution in [0.25, 0.3) is 0 Å². The van der Waals surface area contributed by atoms with Gasteiger partial charge in [-0.25, -0.2) is 0 Å². The summed E-state index contributed by atoms with van der Waals surface area (Å²) in [7, 11) is -0.563. The van der Waals surface area contributed by atoms with Crippen LogP contribution in [0.4, 0.5) is 0 Å². The highest BCUT2D eigenvalue weighted by atomic mass is 31.1. The molecule has 44 heavy (non-hydrogen) atoms. The first-order valence-electron chi connectivity index (χ1n) is 18.2. The van der Waals surface area contributed by atoms with E-state index in [-0.39, 0.29) is 13.3 Å². The third-order valence-corrected chi connectivity index (χ3v) is 20.0. The lowest BCUT2D eigenvalue weighted by Crippen LogP contribution is -2.56. The molecule has 0 saturated heterocycles. The first kappa shape index (κ1) is 28.8. The molecule has 0 radical (unpaired) electrons. The second kappa shape index (κ2) is 10.6. The van der Waals surface area contributed by atoms with Crippen molar-refractivity contribution in [3.8, 4) is 0 Å². The topological polar surface area (TPSA) is 31.6 Å². The van der Waals surface area contributed by atoms with E-state index in [4.69, 9.17) is 0 Å². The van der Waals surface area contributed by atoms with Crippen molar-refractivity contribution in [1.82, 2.24) is 9.97 Å². The zero-order chi connectivity index (χ0) is 29.7. The Kier molecular flexibility index (Phi) is 6.93. The molecule has 8 aliphatic rings. The third kappa shape index (κ3) is 4.94. The van der Waals surface area contributed by atoms with Gasteiger partial charge in [-0.05, 0) is 183 Å². The first-order valence-corrected chi connectivity index (χ1v) is 21.2. The van der Waals surface area contributed by atoms with E-state index >= 15 is 0 Å². The van der Waals surface area contributed by atoms with Crippen LogP contribution in [0.15, 0.2) is 54.9 Å². The molecule has 1 aromatic carbocycles. The van der Waals surface area contributed by atoms with Crippen molar-refractivity contribution in [3.63, 3.8) is 0 Å². The van der Waals surface area contributed by atoms with E-state index in [1.165, 1.54) is 22.6 Å². The van der Waals surface area contributed by atoms with Gasteiger partial charge in [-0.1, -0.05) is 46.9 Å². The van der Waals surface area contributed by atoms with Crippen LogP contribution in [0.2, 0.25) is 0 Å². The number of aromatic nitrogens is 2. The van der Waals surface area contributed by atoms with E-state index in [1.54, 1.807) is 88.2 Å². The molecule has 0 aliphatic heterocycles. The van der Waals surface area contributed by atoms with Crippen molar-refractivity contribution in [1.29, 1.82) is 0 Å². The molecule has 8 bridgehead atoms. The van der Waals surface area contributed by atoms with E-state index < -0.39 is 7.92 Å². The maximum atomic E-state index is 3.64. The van der Waals surface area contributed by atoms with Crippen LogP contribution in [0, 0.1) is 35.5 Å². The quantitative estimate of drug-likeness (QED) is 0.234. The molecule has 8 fully saturated rings. The molecule has 11 rings (SSSR count). The Morgan fingerprint density at radius 1 is 0.614 bits per heavy atom. The summed E-state index contributed by atoms with van der Waals surface area (Å²) < 4.78 is 0. The van der Waals surface area contributed by atoms with Gasteiger partial charge in [-0.3, -0.25) is 0 Å². The molecule has 2 heterocycles. The van der Waals surface area contributed by atoms with Crippen LogP contribution in [0.1, 0.15) is 115 Å². The molecular weight excluding hydrogens is 570 g/mol. The van der Waals surface area contributed by atoms with Gasteiger partial charge in [0.05, 0.1) is 0 Å². The van der Waals surface area contributed by atoms with Gasteiger partial charge in [0.25, 0.3) is 0 Å². The Hall–Kier alpha value is -1.36. The Balaban J connectivity index is 1.14. The van der Waals surface area contributed by atoms with Crippen molar-refractivity contribution in [2.75, 3.05) is 0 Å². The summed E-state index contributed by atoms with van der Waals surface area (Å²) in [6, 6.07) is 16.9. The van der Waals surface area contributed by atoms with Crippen molar-refractivity contribution in [3.05, 3.63) is 71.5 Å². The van der Waals surface area contributed by atoms with Crippen LogP contribution in [0.3, 0.4) is 0 Å². The van der Waals surface area contributed by atoms with Crippen LogP contribution >= 0.6 is 15.8 Å². The predicted molar refractivity (Wildman–Crippen MR) is 189 cm³/mol. The smallest absolute Gasteiger partial charge is 0.0448 e. The number of rotatable bonds is 8. The molecule has 4 heteroatoms. The highest BCUT2D eigenvalue weighted by Gasteiger charge is 2.62. The fraction of sp³-hybridized carbons (Fsp3) is 0.650. The number of aromatic amines is 2. The molecule has 3 aromatic rings. The lowest BCUT2D eigenvalue weighted by atomic mass is 9.55. The molecule has 0 unspecified atom stereocenters. The average Bonchev–Trinajstić information content (AvgIpc) is 3.68. The average molecular weight is 625 g/mol. The van der Waals surface area contributed by atoms with E-state index in [0.29, 0.717) is 10.3 Å². The minimum absolute atomic E-state index is 0.0625. The summed E-state index contributed by atoms with van der Waals surface area (Å²) in [5.41, 5.74) is 7.88. The SMILES string of the molecule is CC(C)(C)c1ccc(CP(C23CC4CC(CC(C4)C2)C3)C23CC4CC(CC(C4)C2)C3)c(CP(c2ccc[nH]2)c2ccc[nH]2)c1. The predicted octanol–water partition coefficient (Wildman–Crippen LogP) is 10.2. The minimum Gasteiger partial charge on any atom is -0.361 e. The monoisotopic (exact) mass is 624 g/mol. The molecule has 0 atom stereocenters. The van der Waals surface area contributed by atoms with Crippen molar-refractivity contribution in [2.24, 2.45) is 35.5 Å². The van der Waals surface area contributed by atoms with Gasteiger partial charge in [0.2, 0.25) is 0 Å². The Morgan fingerprint density at radius 2 is 1.07 bits per heavy atom. The molecular formula is C40H54N2P2. The standard InChI is InChI=1S/C40H54N2P2/c1-38(2,3)35-9-8-33(34(18-35)25-43(36-6-4-10-41-36)37-7-5-11-42-37)26-44(39-19-27-12-28(20-39)14-29(13-27)21-39)40-22-30-15-31(23-40)17-32(16-30)24-40/h4-11,18,27-32,41-42H,12-17,19-26H2,1-3H3. The van der Waals surface area contributed by atoms with Crippen molar-refractivity contribution in [2.45, 2.75) is 126 Å². The lowest BCUT2D eigenvalue weighted by Gasteiger charge is -2.67. The summed E-state index contributed by atoms with van der Waals surface area (Å²) in [6.45, 7) is 7.22. The molecule has 234 valence electrons. The number of hydrogen-bond donors (Lipinski definition) is 2. The van der Waals surface area contributed by atoms with Gasteiger partial charge in [0, 0.05) is 29.4 Å². The van der Waals surface area contributed by atoms with Gasteiger partial charge in [0.1, 0.15) is 0 Å². The van der Waals surface area contributed by atoms with Gasteiger partial charge < -0.3 is 9.97 Å². The zero-order valence-electron chi connectivity index (χ0n) is 27.5. The van der Waals surface area contributed by atoms with Gasteiger partial charge in [0.15, 0.2) is 0 Å². The molecule has 2 nitrogen and oxygen atoms in total. The molecule has 8 saturated carbocycles. The summed E-state index contributed by atoms with van der Waals surface area (Å²) in [5.74, 6) is 6.31. The Morgan fingerprint density at radius 3 is 1.45 bits per heavy atom. The van der Waals surface area contributed by atoms with Crippen molar-refractivity contribution < 1.29 is 0 Å². The summed E-state index contributed by atoms with van der Waals surface area (Å²) in [4.78, 5) is 7.28. The maximum absolute atomic E-state index is 3.64. The molecule has 2 aromatic heterocycles. The third-order valence-electron chi connectivity index (χ3n) is 13.6. The van der Waals surface area contributed by atoms with E-state index in [2.05, 4.69) is 85.6 Å². The second-order valence-electron chi connectivity index (χ2n) is 17.8. The molecule has 0 amide bonds. The van der Waals surface area contributed by atoms with Gasteiger partial charge in [-0.15, -0.1) is 0 Å². The fourth-order valence-electron chi connectivity index (χ4n) is 12.6. The number of hydrogen-bond acceptors (Lipinski definition) is 0. The second-order valence-corrected chi connectivity index (χ2v) is 23.0. The normalized spacial score (nSPS) is 37.7. The number of benzene rings is 1. The Labute approximate surface area is 268 Å². The number of nitrogens with one attached hydrogen (secondary N) is 2. The van der Waals surface area contributed by atoms with Crippen LogP contribution < -0.4 is 10.9 Å². The highest BCUT2D eigenvalue weighted by Crippen LogP contribution is 2.79. The molecule has 0 spiro atoms. The highest BCUT2D eigenvalue weighted by molar-refractivity contribution is 7.71. The van der Waals surface area contributed by atoms with Gasteiger partial charge >= 0.3 is 0 Å². The largest absolute Gasteiger partial charge is 0.361 e. The van der Waals surface area contributed by atoms with E-state index in [9.17, 15) is 0 Å². The van der Waals surface area contributed by atoms with E-state index in [0.717, 1.165) is 41.7 Å². The van der Waals surface area contributed by atoms with Crippen LogP contribution in [-0.4, -0.2) is 20.3 Å². The first-order chi connectivity index (χ1) is 21.2. The van der Waals surface area contributed by atoms with Gasteiger partial charge in [-0.2, -0.15) is 0 Å². The molecule has 8 aliphatic carbocycles. The number of H-pyrrole nitrogens is 2. The fourth-order valence-corrected chi connectivity index (χ4v) is 20.1. The minimum atomic E-state index is -0.501. The van der Waals surface area contributed by atoms with Crippen molar-refractivity contribution >= 4 is 26.7 Å². The Bertz CT molecular complexity index is 1330. The lowest BCUT2D eigenvalue weighted by molar-refractivity contribution is 0.0184. The summed E-state index contributed by atoms with van der Waals surface area (Å²) in [5, 5.41) is 1.36. The zero-order valence-corrected chi connectivity index (χ0v) is 29.2. The summed E-state index contributed by atoms with van der Waals surface area (Å²) in [6.07, 6.45) is 25.8. The molecule has 2 N–H and O–H groups in total. The van der Waals surface area contributed by atoms with Crippen LogP contribution in [-0.2, 0) is 17.7 Å².